The number of fused-ring (bicyclic) bond motifs is 1. The van der Waals surface area contributed by atoms with Crippen molar-refractivity contribution in [2.24, 2.45) is 0 Å². The first kappa shape index (κ1) is 15.8. The zero-order chi connectivity index (χ0) is 16.4. The number of hydrogen-bond acceptors (Lipinski definition) is 1. The molecule has 1 aromatic heterocycles. The molecule has 23 heavy (non-hydrogen) atoms. The quantitative estimate of drug-likeness (QED) is 0.719. The largest absolute Gasteiger partial charge is 0.354 e. The lowest BCUT2D eigenvalue weighted by Crippen LogP contribution is -2.20. The molecule has 3 heteroatoms. The Morgan fingerprint density at radius 3 is 2.65 bits per heavy atom. The molecule has 3 rings (SSSR count). The Balaban J connectivity index is 2.09. The number of aryl methyl sites for hydroxylation is 1. The second-order valence-corrected chi connectivity index (χ2v) is 6.13. The van der Waals surface area contributed by atoms with E-state index < -0.39 is 0 Å². The zero-order valence-electron chi connectivity index (χ0n) is 14.0. The molecular formula is C20H23FN2. The van der Waals surface area contributed by atoms with Crippen LogP contribution in [0, 0.1) is 12.7 Å². The summed E-state index contributed by atoms with van der Waals surface area (Å²) in [6.45, 7) is 6.02. The first-order chi connectivity index (χ1) is 11.1. The first-order valence-corrected chi connectivity index (χ1v) is 8.14. The van der Waals surface area contributed by atoms with Gasteiger partial charge in [-0.15, -0.1) is 0 Å². The molecule has 0 aliphatic carbocycles. The van der Waals surface area contributed by atoms with E-state index in [0.29, 0.717) is 5.56 Å². The van der Waals surface area contributed by atoms with E-state index in [9.17, 15) is 4.39 Å². The molecule has 0 saturated carbocycles. The average molecular weight is 310 g/mol. The Hall–Kier alpha value is -2.13. The molecule has 0 bridgehead atoms. The fraction of sp³-hybridized carbons (Fsp3) is 0.300. The molecule has 0 aliphatic heterocycles. The number of halogens is 1. The van der Waals surface area contributed by atoms with Crippen molar-refractivity contribution in [2.75, 3.05) is 20.1 Å². The molecule has 0 amide bonds. The second kappa shape index (κ2) is 6.55. The monoisotopic (exact) mass is 310 g/mol. The van der Waals surface area contributed by atoms with Gasteiger partial charge in [0.1, 0.15) is 5.82 Å². The minimum atomic E-state index is -0.155. The Morgan fingerprint density at radius 1 is 1.13 bits per heavy atom. The fourth-order valence-corrected chi connectivity index (χ4v) is 2.97. The molecule has 1 heterocycles. The molecule has 0 unspecified atom stereocenters. The topological polar surface area (TPSA) is 19.0 Å². The number of nitrogens with one attached hydrogen (secondary N) is 1. The molecule has 0 fully saturated rings. The van der Waals surface area contributed by atoms with Gasteiger partial charge in [-0.3, -0.25) is 0 Å². The standard InChI is InChI=1S/C20H23FN2/c1-4-23(3)12-11-17-16-7-5-6-8-19(16)22-20(17)15-9-10-18(21)14(2)13-15/h5-10,13,22H,4,11-12H2,1-3H3. The van der Waals surface area contributed by atoms with Crippen LogP contribution in [-0.4, -0.2) is 30.0 Å². The number of aromatic nitrogens is 1. The highest BCUT2D eigenvalue weighted by Gasteiger charge is 2.14. The van der Waals surface area contributed by atoms with E-state index in [4.69, 9.17) is 0 Å². The summed E-state index contributed by atoms with van der Waals surface area (Å²) >= 11 is 0. The second-order valence-electron chi connectivity index (χ2n) is 6.13. The molecule has 3 aromatic rings. The van der Waals surface area contributed by atoms with Gasteiger partial charge in [0.15, 0.2) is 0 Å². The van der Waals surface area contributed by atoms with Crippen molar-refractivity contribution in [2.45, 2.75) is 20.3 Å². The van der Waals surface area contributed by atoms with Crippen LogP contribution in [0.2, 0.25) is 0 Å². The number of rotatable bonds is 5. The zero-order valence-corrected chi connectivity index (χ0v) is 14.0. The van der Waals surface area contributed by atoms with Crippen molar-refractivity contribution in [3.05, 3.63) is 59.4 Å². The Labute approximate surface area is 136 Å². The van der Waals surface area contributed by atoms with E-state index in [0.717, 1.165) is 36.3 Å². The summed E-state index contributed by atoms with van der Waals surface area (Å²) in [5, 5.41) is 1.26. The summed E-state index contributed by atoms with van der Waals surface area (Å²) in [7, 11) is 2.14. The van der Waals surface area contributed by atoms with Crippen molar-refractivity contribution >= 4 is 10.9 Å². The summed E-state index contributed by atoms with van der Waals surface area (Å²) < 4.78 is 13.6. The van der Waals surface area contributed by atoms with Crippen molar-refractivity contribution in [1.82, 2.24) is 9.88 Å². The summed E-state index contributed by atoms with van der Waals surface area (Å²) in [6, 6.07) is 13.7. The maximum atomic E-state index is 13.6. The van der Waals surface area contributed by atoms with Gasteiger partial charge in [0, 0.05) is 23.1 Å². The van der Waals surface area contributed by atoms with Crippen molar-refractivity contribution in [3.63, 3.8) is 0 Å². The van der Waals surface area contributed by atoms with Crippen LogP contribution < -0.4 is 0 Å². The molecule has 0 spiro atoms. The molecule has 0 radical (unpaired) electrons. The minimum Gasteiger partial charge on any atom is -0.354 e. The van der Waals surface area contributed by atoms with Gasteiger partial charge in [-0.1, -0.05) is 25.1 Å². The fourth-order valence-electron chi connectivity index (χ4n) is 2.97. The van der Waals surface area contributed by atoms with E-state index in [-0.39, 0.29) is 5.82 Å². The van der Waals surface area contributed by atoms with E-state index in [1.807, 2.05) is 25.1 Å². The van der Waals surface area contributed by atoms with Crippen molar-refractivity contribution < 1.29 is 4.39 Å². The van der Waals surface area contributed by atoms with E-state index >= 15 is 0 Å². The number of nitrogens with zero attached hydrogens (tertiary/aromatic N) is 1. The van der Waals surface area contributed by atoms with E-state index in [2.05, 4.69) is 42.1 Å². The van der Waals surface area contributed by atoms with E-state index in [1.54, 1.807) is 6.07 Å². The van der Waals surface area contributed by atoms with Crippen LogP contribution in [-0.2, 0) is 6.42 Å². The lowest BCUT2D eigenvalue weighted by Gasteiger charge is -2.14. The normalized spacial score (nSPS) is 11.5. The highest BCUT2D eigenvalue weighted by molar-refractivity contribution is 5.90. The number of para-hydroxylation sites is 1. The third-order valence-electron chi connectivity index (χ3n) is 4.54. The maximum Gasteiger partial charge on any atom is 0.126 e. The Kier molecular flexibility index (Phi) is 4.49. The predicted molar refractivity (Wildman–Crippen MR) is 95.3 cm³/mol. The summed E-state index contributed by atoms with van der Waals surface area (Å²) in [4.78, 5) is 5.83. The van der Waals surface area contributed by atoms with Crippen LogP contribution in [0.4, 0.5) is 4.39 Å². The highest BCUT2D eigenvalue weighted by atomic mass is 19.1. The van der Waals surface area contributed by atoms with Gasteiger partial charge in [-0.25, -0.2) is 4.39 Å². The SMILES string of the molecule is CCN(C)CCc1c(-c2ccc(F)c(C)c2)[nH]c2ccccc12. The number of benzene rings is 2. The van der Waals surface area contributed by atoms with Gasteiger partial charge in [0.05, 0.1) is 0 Å². The van der Waals surface area contributed by atoms with Gasteiger partial charge >= 0.3 is 0 Å². The third-order valence-corrected chi connectivity index (χ3v) is 4.54. The molecule has 2 nitrogen and oxygen atoms in total. The van der Waals surface area contributed by atoms with Gasteiger partial charge in [0.2, 0.25) is 0 Å². The summed E-state index contributed by atoms with van der Waals surface area (Å²) in [5.74, 6) is -0.155. The van der Waals surface area contributed by atoms with Crippen LogP contribution in [0.3, 0.4) is 0 Å². The molecule has 0 atom stereocenters. The maximum absolute atomic E-state index is 13.6. The van der Waals surface area contributed by atoms with Crippen LogP contribution in [0.25, 0.3) is 22.2 Å². The Bertz CT molecular complexity index is 820. The average Bonchev–Trinajstić information content (AvgIpc) is 2.93. The lowest BCUT2D eigenvalue weighted by atomic mass is 10.0. The lowest BCUT2D eigenvalue weighted by molar-refractivity contribution is 0.358. The number of hydrogen-bond donors (Lipinski definition) is 1. The number of H-pyrrole nitrogens is 1. The third kappa shape index (κ3) is 3.15. The number of likely N-dealkylation sites (N-methyl/N-ethyl adjacent to an activating group) is 1. The van der Waals surface area contributed by atoms with Gasteiger partial charge < -0.3 is 9.88 Å². The van der Waals surface area contributed by atoms with Gasteiger partial charge in [0.25, 0.3) is 0 Å². The van der Waals surface area contributed by atoms with Crippen LogP contribution in [0.15, 0.2) is 42.5 Å². The molecule has 120 valence electrons. The van der Waals surface area contributed by atoms with Crippen molar-refractivity contribution in [1.29, 1.82) is 0 Å². The molecular weight excluding hydrogens is 287 g/mol. The molecule has 2 aromatic carbocycles. The molecule has 0 aliphatic rings. The van der Waals surface area contributed by atoms with Crippen LogP contribution in [0.1, 0.15) is 18.1 Å². The van der Waals surface area contributed by atoms with Gasteiger partial charge in [-0.05, 0) is 67.9 Å². The molecule has 1 N–H and O–H groups in total. The van der Waals surface area contributed by atoms with E-state index in [1.165, 1.54) is 10.9 Å². The summed E-state index contributed by atoms with van der Waals surface area (Å²) in [6.07, 6.45) is 0.972. The summed E-state index contributed by atoms with van der Waals surface area (Å²) in [5.41, 5.74) is 5.29. The number of aromatic amines is 1. The smallest absolute Gasteiger partial charge is 0.126 e. The van der Waals surface area contributed by atoms with Crippen molar-refractivity contribution in [3.8, 4) is 11.3 Å². The minimum absolute atomic E-state index is 0.155. The van der Waals surface area contributed by atoms with Crippen LogP contribution >= 0.6 is 0 Å². The molecule has 0 saturated heterocycles. The van der Waals surface area contributed by atoms with Crippen LogP contribution in [0.5, 0.6) is 0 Å². The Morgan fingerprint density at radius 2 is 1.91 bits per heavy atom. The van der Waals surface area contributed by atoms with Gasteiger partial charge in [-0.2, -0.15) is 0 Å². The first-order valence-electron chi connectivity index (χ1n) is 8.14. The highest BCUT2D eigenvalue weighted by Crippen LogP contribution is 2.31. The predicted octanol–water partition coefficient (Wildman–Crippen LogP) is 4.78.